The van der Waals surface area contributed by atoms with Crippen molar-refractivity contribution in [1.29, 1.82) is 0 Å². The van der Waals surface area contributed by atoms with Crippen molar-refractivity contribution in [3.05, 3.63) is 11.4 Å². The lowest BCUT2D eigenvalue weighted by molar-refractivity contribution is 0.0405. The van der Waals surface area contributed by atoms with E-state index in [-0.39, 0.29) is 12.0 Å². The maximum absolute atomic E-state index is 13.1. The molecule has 2 fully saturated rings. The van der Waals surface area contributed by atoms with Crippen LogP contribution < -0.4 is 4.72 Å². The number of sulfonamides is 1. The second kappa shape index (κ2) is 8.16. The number of aryl methyl sites for hydroxylation is 2. The highest BCUT2D eigenvalue weighted by atomic mass is 32.2. The third kappa shape index (κ3) is 4.54. The average molecular weight is 400 g/mol. The van der Waals surface area contributed by atoms with Gasteiger partial charge in [0.05, 0.1) is 11.4 Å². The number of nitrogens with one attached hydrogen (secondary N) is 1. The second-order valence-electron chi connectivity index (χ2n) is 8.17. The Morgan fingerprint density at radius 2 is 1.89 bits per heavy atom. The van der Waals surface area contributed by atoms with Gasteiger partial charge in [0.2, 0.25) is 10.0 Å². The van der Waals surface area contributed by atoms with Gasteiger partial charge in [-0.15, -0.1) is 0 Å². The fourth-order valence-electron chi connectivity index (χ4n) is 4.44. The second-order valence-corrected chi connectivity index (χ2v) is 9.82. The summed E-state index contributed by atoms with van der Waals surface area (Å²) in [5.74, 6) is 0.259. The quantitative estimate of drug-likeness (QED) is 0.744. The maximum Gasteiger partial charge on any atom is 0.244 e. The Labute approximate surface area is 162 Å². The molecule has 2 aliphatic rings. The van der Waals surface area contributed by atoms with Gasteiger partial charge in [-0.3, -0.25) is 9.58 Å². The first-order chi connectivity index (χ1) is 12.7. The first-order valence-electron chi connectivity index (χ1n) is 9.68. The van der Waals surface area contributed by atoms with Crippen molar-refractivity contribution in [2.75, 3.05) is 46.9 Å². The number of rotatable bonds is 6. The van der Waals surface area contributed by atoms with Crippen LogP contribution in [0.15, 0.2) is 4.90 Å². The third-order valence-corrected chi connectivity index (χ3v) is 7.54. The summed E-state index contributed by atoms with van der Waals surface area (Å²) in [4.78, 5) is 4.91. The number of hydrogen-bond donors (Lipinski definition) is 1. The van der Waals surface area contributed by atoms with Crippen LogP contribution in [0.1, 0.15) is 24.2 Å². The monoisotopic (exact) mass is 399 g/mol. The molecule has 8 nitrogen and oxygen atoms in total. The minimum absolute atomic E-state index is 0.0979. The highest BCUT2D eigenvalue weighted by molar-refractivity contribution is 7.89. The Kier molecular flexibility index (Phi) is 6.27. The molecule has 0 unspecified atom stereocenters. The van der Waals surface area contributed by atoms with Crippen LogP contribution in [0.4, 0.5) is 0 Å². The van der Waals surface area contributed by atoms with Crippen molar-refractivity contribution in [3.8, 4) is 0 Å². The van der Waals surface area contributed by atoms with Crippen molar-refractivity contribution in [2.24, 2.45) is 13.0 Å². The fourth-order valence-corrected chi connectivity index (χ4v) is 6.18. The smallest absolute Gasteiger partial charge is 0.244 e. The molecule has 2 aliphatic heterocycles. The SMILES string of the molecule is Cc1nn(C)c(C)c1S(=O)(=O)N[C@@H]1CN(C2CCOCC2)C[C@H]1CN(C)C. The molecule has 0 amide bonds. The van der Waals surface area contributed by atoms with E-state index in [0.717, 1.165) is 45.7 Å². The lowest BCUT2D eigenvalue weighted by Crippen LogP contribution is -2.44. The summed E-state index contributed by atoms with van der Waals surface area (Å²) in [6.07, 6.45) is 2.05. The summed E-state index contributed by atoms with van der Waals surface area (Å²) in [6, 6.07) is 0.388. The van der Waals surface area contributed by atoms with Gasteiger partial charge in [0.25, 0.3) is 0 Å². The topological polar surface area (TPSA) is 79.7 Å². The molecule has 0 bridgehead atoms. The van der Waals surface area contributed by atoms with Crippen LogP contribution in [0.3, 0.4) is 0 Å². The van der Waals surface area contributed by atoms with E-state index in [1.54, 1.807) is 25.6 Å². The van der Waals surface area contributed by atoms with Gasteiger partial charge in [0, 0.05) is 57.9 Å². The van der Waals surface area contributed by atoms with Gasteiger partial charge in [-0.2, -0.15) is 5.10 Å². The molecule has 1 aromatic heterocycles. The van der Waals surface area contributed by atoms with Crippen molar-refractivity contribution in [1.82, 2.24) is 24.3 Å². The standard InChI is InChI=1S/C18H33N5O3S/c1-13-18(14(2)22(5)19-13)27(24,25)20-17-12-23(11-15(17)10-21(3)4)16-6-8-26-9-7-16/h15-17,20H,6-12H2,1-5H3/t15-,17-/m1/s1. The van der Waals surface area contributed by atoms with Crippen molar-refractivity contribution in [2.45, 2.75) is 43.7 Å². The molecule has 0 radical (unpaired) electrons. The van der Waals surface area contributed by atoms with Crippen LogP contribution in [-0.4, -0.2) is 87.0 Å². The van der Waals surface area contributed by atoms with E-state index in [4.69, 9.17) is 4.74 Å². The van der Waals surface area contributed by atoms with E-state index in [1.807, 2.05) is 14.1 Å². The Bertz CT molecular complexity index is 755. The van der Waals surface area contributed by atoms with Gasteiger partial charge in [-0.05, 0) is 40.8 Å². The lowest BCUT2D eigenvalue weighted by Gasteiger charge is -2.31. The van der Waals surface area contributed by atoms with E-state index >= 15 is 0 Å². The zero-order valence-corrected chi connectivity index (χ0v) is 17.9. The van der Waals surface area contributed by atoms with Crippen LogP contribution in [0.25, 0.3) is 0 Å². The molecule has 0 saturated carbocycles. The van der Waals surface area contributed by atoms with Gasteiger partial charge >= 0.3 is 0 Å². The lowest BCUT2D eigenvalue weighted by atomic mass is 10.0. The van der Waals surface area contributed by atoms with E-state index in [1.165, 1.54) is 0 Å². The molecular weight excluding hydrogens is 366 g/mol. The first-order valence-corrected chi connectivity index (χ1v) is 11.2. The Morgan fingerprint density at radius 1 is 1.22 bits per heavy atom. The molecule has 3 heterocycles. The summed E-state index contributed by atoms with van der Waals surface area (Å²) >= 11 is 0. The van der Waals surface area contributed by atoms with E-state index in [0.29, 0.717) is 22.3 Å². The molecule has 1 aromatic rings. The Hall–Kier alpha value is -1.00. The molecule has 2 atom stereocenters. The summed E-state index contributed by atoms with van der Waals surface area (Å²) in [7, 11) is 2.25. The van der Waals surface area contributed by atoms with Crippen LogP contribution in [0, 0.1) is 19.8 Å². The number of ether oxygens (including phenoxy) is 1. The number of aromatic nitrogens is 2. The van der Waals surface area contributed by atoms with Crippen molar-refractivity contribution >= 4 is 10.0 Å². The zero-order chi connectivity index (χ0) is 19.8. The molecular formula is C18H33N5O3S. The van der Waals surface area contributed by atoms with Crippen LogP contribution in [0.5, 0.6) is 0 Å². The predicted molar refractivity (Wildman–Crippen MR) is 104 cm³/mol. The van der Waals surface area contributed by atoms with Crippen LogP contribution in [0.2, 0.25) is 0 Å². The fraction of sp³-hybridized carbons (Fsp3) is 0.833. The zero-order valence-electron chi connectivity index (χ0n) is 17.1. The van der Waals surface area contributed by atoms with Crippen LogP contribution in [-0.2, 0) is 21.8 Å². The normalized spacial score (nSPS) is 25.6. The average Bonchev–Trinajstić information content (AvgIpc) is 3.08. The van der Waals surface area contributed by atoms with E-state index in [9.17, 15) is 8.42 Å². The number of likely N-dealkylation sites (tertiary alicyclic amines) is 1. The maximum atomic E-state index is 13.1. The summed E-state index contributed by atoms with van der Waals surface area (Å²) < 4.78 is 36.4. The van der Waals surface area contributed by atoms with Crippen LogP contribution >= 0.6 is 0 Å². The Balaban J connectivity index is 1.79. The summed E-state index contributed by atoms with van der Waals surface area (Å²) in [5, 5.41) is 4.27. The molecule has 27 heavy (non-hydrogen) atoms. The molecule has 0 aromatic carbocycles. The highest BCUT2D eigenvalue weighted by Crippen LogP contribution is 2.27. The summed E-state index contributed by atoms with van der Waals surface area (Å²) in [6.45, 7) is 7.67. The molecule has 0 spiro atoms. The van der Waals surface area contributed by atoms with Crippen molar-refractivity contribution < 1.29 is 13.2 Å². The van der Waals surface area contributed by atoms with Gasteiger partial charge < -0.3 is 9.64 Å². The van der Waals surface area contributed by atoms with E-state index < -0.39 is 10.0 Å². The molecule has 3 rings (SSSR count). The third-order valence-electron chi connectivity index (χ3n) is 5.79. The van der Waals surface area contributed by atoms with Gasteiger partial charge in [-0.25, -0.2) is 13.1 Å². The molecule has 154 valence electrons. The summed E-state index contributed by atoms with van der Waals surface area (Å²) in [5.41, 5.74) is 1.22. The highest BCUT2D eigenvalue weighted by Gasteiger charge is 2.39. The predicted octanol–water partition coefficient (Wildman–Crippen LogP) is 0.356. The van der Waals surface area contributed by atoms with Gasteiger partial charge in [0.1, 0.15) is 4.90 Å². The minimum atomic E-state index is -3.61. The molecule has 9 heteroatoms. The minimum Gasteiger partial charge on any atom is -0.381 e. The Morgan fingerprint density at radius 3 is 2.44 bits per heavy atom. The molecule has 1 N–H and O–H groups in total. The first kappa shape index (κ1) is 20.7. The molecule has 2 saturated heterocycles. The van der Waals surface area contributed by atoms with Crippen molar-refractivity contribution in [3.63, 3.8) is 0 Å². The van der Waals surface area contributed by atoms with E-state index in [2.05, 4.69) is 19.6 Å². The number of hydrogen-bond acceptors (Lipinski definition) is 6. The van der Waals surface area contributed by atoms with Gasteiger partial charge in [0.15, 0.2) is 0 Å². The number of nitrogens with zero attached hydrogens (tertiary/aromatic N) is 4. The molecule has 0 aliphatic carbocycles. The largest absolute Gasteiger partial charge is 0.381 e. The van der Waals surface area contributed by atoms with Gasteiger partial charge in [-0.1, -0.05) is 0 Å².